The zero-order chi connectivity index (χ0) is 34.2. The van der Waals surface area contributed by atoms with Gasteiger partial charge < -0.3 is 4.90 Å². The van der Waals surface area contributed by atoms with Crippen LogP contribution >= 0.6 is 34.0 Å². The Morgan fingerprint density at radius 2 is 0.923 bits per heavy atom. The summed E-state index contributed by atoms with van der Waals surface area (Å²) in [6.45, 7) is 0. The highest BCUT2D eigenvalue weighted by atomic mass is 32.1. The maximum atomic E-state index is 2.54. The molecule has 0 unspecified atom stereocenters. The Bertz CT molecular complexity index is 3130. The molecule has 3 heterocycles. The van der Waals surface area contributed by atoms with E-state index in [-0.39, 0.29) is 0 Å². The fraction of sp³-hybridized carbons (Fsp3) is 0. The van der Waals surface area contributed by atoms with Crippen LogP contribution in [0.15, 0.2) is 176 Å². The highest BCUT2D eigenvalue weighted by molar-refractivity contribution is 7.27. The first-order valence-corrected chi connectivity index (χ1v) is 20.0. The van der Waals surface area contributed by atoms with Gasteiger partial charge in [-0.1, -0.05) is 127 Å². The number of hydrogen-bond donors (Lipinski definition) is 0. The number of anilines is 3. The third-order valence-electron chi connectivity index (χ3n) is 10.3. The van der Waals surface area contributed by atoms with Crippen molar-refractivity contribution in [1.29, 1.82) is 0 Å². The van der Waals surface area contributed by atoms with Crippen molar-refractivity contribution in [2.24, 2.45) is 0 Å². The van der Waals surface area contributed by atoms with Crippen LogP contribution in [0.5, 0.6) is 0 Å². The van der Waals surface area contributed by atoms with Crippen LogP contribution in [0.1, 0.15) is 0 Å². The lowest BCUT2D eigenvalue weighted by molar-refractivity contribution is 1.33. The third-order valence-corrected chi connectivity index (χ3v) is 13.7. The van der Waals surface area contributed by atoms with Gasteiger partial charge in [-0.05, 0) is 70.8 Å². The molecule has 0 aliphatic rings. The zero-order valence-electron chi connectivity index (χ0n) is 27.9. The molecule has 8 aromatic carbocycles. The van der Waals surface area contributed by atoms with Gasteiger partial charge in [-0.2, -0.15) is 0 Å². The Balaban J connectivity index is 1.25. The molecule has 4 heteroatoms. The van der Waals surface area contributed by atoms with Gasteiger partial charge in [-0.25, -0.2) is 0 Å². The SMILES string of the molecule is c1ccc(-c2ccc3c(c2)sc2c(-c4ccccc4)ccc(N(c4ccc5c(c4)sc4ccccc45)c4cccc5sc6ccccc6c45)c23)cc1. The molecule has 0 spiro atoms. The summed E-state index contributed by atoms with van der Waals surface area (Å²) < 4.78 is 7.82. The lowest BCUT2D eigenvalue weighted by atomic mass is 9.98. The molecule has 244 valence electrons. The summed E-state index contributed by atoms with van der Waals surface area (Å²) in [7, 11) is 0. The van der Waals surface area contributed by atoms with E-state index >= 15 is 0 Å². The Morgan fingerprint density at radius 1 is 0.327 bits per heavy atom. The van der Waals surface area contributed by atoms with E-state index in [0.717, 1.165) is 5.69 Å². The van der Waals surface area contributed by atoms with E-state index in [1.54, 1.807) is 0 Å². The van der Waals surface area contributed by atoms with E-state index < -0.39 is 0 Å². The summed E-state index contributed by atoms with van der Waals surface area (Å²) in [5.41, 5.74) is 8.53. The Morgan fingerprint density at radius 3 is 1.75 bits per heavy atom. The van der Waals surface area contributed by atoms with E-state index in [1.807, 2.05) is 34.0 Å². The Labute approximate surface area is 312 Å². The normalized spacial score (nSPS) is 11.8. The predicted octanol–water partition coefficient (Wildman–Crippen LogP) is 15.6. The highest BCUT2D eigenvalue weighted by Gasteiger charge is 2.24. The van der Waals surface area contributed by atoms with Crippen molar-refractivity contribution in [2.75, 3.05) is 4.90 Å². The summed E-state index contributed by atoms with van der Waals surface area (Å²) in [6, 6.07) is 64.8. The fourth-order valence-corrected chi connectivity index (χ4v) is 11.5. The molecule has 0 bridgehead atoms. The number of fused-ring (bicyclic) bond motifs is 9. The number of rotatable bonds is 5. The smallest absolute Gasteiger partial charge is 0.0555 e. The van der Waals surface area contributed by atoms with E-state index in [4.69, 9.17) is 0 Å². The molecule has 1 nitrogen and oxygen atoms in total. The first-order chi connectivity index (χ1) is 25.8. The summed E-state index contributed by atoms with van der Waals surface area (Å²) in [5.74, 6) is 0. The molecule has 0 aliphatic carbocycles. The second-order valence-corrected chi connectivity index (χ2v) is 16.5. The second kappa shape index (κ2) is 11.9. The Kier molecular flexibility index (Phi) is 6.84. The molecule has 0 radical (unpaired) electrons. The maximum absolute atomic E-state index is 2.54. The first kappa shape index (κ1) is 29.9. The summed E-state index contributed by atoms with van der Waals surface area (Å²) >= 11 is 5.65. The minimum atomic E-state index is 1.16. The van der Waals surface area contributed by atoms with Crippen LogP contribution in [-0.2, 0) is 0 Å². The van der Waals surface area contributed by atoms with Crippen molar-refractivity contribution in [3.05, 3.63) is 176 Å². The number of thiophene rings is 3. The maximum Gasteiger partial charge on any atom is 0.0555 e. The highest BCUT2D eigenvalue weighted by Crippen LogP contribution is 2.52. The average Bonchev–Trinajstić information content (AvgIpc) is 3.90. The molecular formula is C48H29NS3. The molecule has 0 atom stereocenters. The summed E-state index contributed by atoms with van der Waals surface area (Å²) in [6.07, 6.45) is 0. The van der Waals surface area contributed by atoms with Crippen LogP contribution in [0.4, 0.5) is 17.1 Å². The van der Waals surface area contributed by atoms with Gasteiger partial charge in [0, 0.05) is 66.2 Å². The topological polar surface area (TPSA) is 3.24 Å². The van der Waals surface area contributed by atoms with Gasteiger partial charge in [0.15, 0.2) is 0 Å². The van der Waals surface area contributed by atoms with Gasteiger partial charge in [0.25, 0.3) is 0 Å². The first-order valence-electron chi connectivity index (χ1n) is 17.5. The molecule has 0 amide bonds. The number of hydrogen-bond acceptors (Lipinski definition) is 4. The van der Waals surface area contributed by atoms with Crippen LogP contribution in [0.3, 0.4) is 0 Å². The van der Waals surface area contributed by atoms with E-state index in [1.165, 1.54) is 94.1 Å². The minimum absolute atomic E-state index is 1.16. The molecule has 52 heavy (non-hydrogen) atoms. The van der Waals surface area contributed by atoms with Gasteiger partial charge in [-0.3, -0.25) is 0 Å². The molecule has 11 aromatic rings. The monoisotopic (exact) mass is 715 g/mol. The van der Waals surface area contributed by atoms with E-state index in [0.29, 0.717) is 0 Å². The van der Waals surface area contributed by atoms with Gasteiger partial charge in [-0.15, -0.1) is 34.0 Å². The lowest BCUT2D eigenvalue weighted by Gasteiger charge is -2.28. The molecule has 11 rings (SSSR count). The number of nitrogens with zero attached hydrogens (tertiary/aromatic N) is 1. The quantitative estimate of drug-likeness (QED) is 0.171. The molecule has 0 aliphatic heterocycles. The van der Waals surface area contributed by atoms with Crippen LogP contribution < -0.4 is 4.90 Å². The largest absolute Gasteiger partial charge is 0.309 e. The standard InChI is InChI=1S/C48H29NS3/c1-3-12-30(13-4-1)32-22-24-38-44(28-32)52-48-34(31-14-5-2-6-15-31)26-27-40(47(38)48)49(33-23-25-36-35-16-7-9-19-41(35)51-45(36)29-33)39-18-11-21-43-46(39)37-17-8-10-20-42(37)50-43/h1-29H. The number of benzene rings is 8. The van der Waals surface area contributed by atoms with Gasteiger partial charge in [0.05, 0.1) is 11.4 Å². The molecule has 0 saturated heterocycles. The molecule has 0 fully saturated rings. The molecule has 0 saturated carbocycles. The minimum Gasteiger partial charge on any atom is -0.309 e. The molecule has 3 aromatic heterocycles. The van der Waals surface area contributed by atoms with Crippen LogP contribution in [0, 0.1) is 0 Å². The zero-order valence-corrected chi connectivity index (χ0v) is 30.4. The van der Waals surface area contributed by atoms with E-state index in [9.17, 15) is 0 Å². The van der Waals surface area contributed by atoms with Crippen LogP contribution in [-0.4, -0.2) is 0 Å². The predicted molar refractivity (Wildman–Crippen MR) is 231 cm³/mol. The van der Waals surface area contributed by atoms with Gasteiger partial charge in [0.2, 0.25) is 0 Å². The summed E-state index contributed by atoms with van der Waals surface area (Å²) in [4.78, 5) is 2.54. The van der Waals surface area contributed by atoms with Crippen molar-refractivity contribution in [2.45, 2.75) is 0 Å². The molecular weight excluding hydrogens is 687 g/mol. The molecule has 0 N–H and O–H groups in total. The van der Waals surface area contributed by atoms with Crippen molar-refractivity contribution in [1.82, 2.24) is 0 Å². The lowest BCUT2D eigenvalue weighted by Crippen LogP contribution is -2.10. The van der Waals surface area contributed by atoms with Crippen molar-refractivity contribution in [3.63, 3.8) is 0 Å². The van der Waals surface area contributed by atoms with Crippen LogP contribution in [0.25, 0.3) is 82.8 Å². The van der Waals surface area contributed by atoms with Crippen molar-refractivity contribution < 1.29 is 0 Å². The van der Waals surface area contributed by atoms with Crippen molar-refractivity contribution in [3.8, 4) is 22.3 Å². The fourth-order valence-electron chi connectivity index (χ4n) is 7.91. The van der Waals surface area contributed by atoms with Crippen molar-refractivity contribution >= 4 is 112 Å². The van der Waals surface area contributed by atoms with E-state index in [2.05, 4.69) is 181 Å². The van der Waals surface area contributed by atoms with Gasteiger partial charge >= 0.3 is 0 Å². The summed E-state index contributed by atoms with van der Waals surface area (Å²) in [5, 5.41) is 7.79. The Hall–Kier alpha value is -5.78. The second-order valence-electron chi connectivity index (χ2n) is 13.2. The van der Waals surface area contributed by atoms with Crippen LogP contribution in [0.2, 0.25) is 0 Å². The average molecular weight is 716 g/mol. The third kappa shape index (κ3) is 4.65. The van der Waals surface area contributed by atoms with Gasteiger partial charge in [0.1, 0.15) is 0 Å².